The number of halogens is 3. The summed E-state index contributed by atoms with van der Waals surface area (Å²) in [4.78, 5) is 20.7. The molecular weight excluding hydrogens is 257 g/mol. The Balaban J connectivity index is 2.82. The number of phenols is 1. The number of hydrogen-bond donors (Lipinski definition) is 2. The number of nitro benzene ring substituents is 1. The molecular formula is C9H7F3N2O4. The van der Waals surface area contributed by atoms with E-state index in [9.17, 15) is 33.2 Å². The molecule has 0 saturated carbocycles. The lowest BCUT2D eigenvalue weighted by molar-refractivity contribution is -0.385. The lowest BCUT2D eigenvalue weighted by atomic mass is 10.2. The van der Waals surface area contributed by atoms with E-state index in [1.54, 1.807) is 5.32 Å². The molecule has 0 atom stereocenters. The van der Waals surface area contributed by atoms with Gasteiger partial charge in [-0.25, -0.2) is 0 Å². The summed E-state index contributed by atoms with van der Waals surface area (Å²) in [5, 5.41) is 21.1. The van der Waals surface area contributed by atoms with Crippen molar-refractivity contribution in [3.8, 4) is 5.75 Å². The van der Waals surface area contributed by atoms with E-state index in [1.165, 1.54) is 0 Å². The van der Waals surface area contributed by atoms with Crippen LogP contribution in [-0.2, 0) is 0 Å². The molecule has 98 valence electrons. The van der Waals surface area contributed by atoms with Crippen molar-refractivity contribution in [1.29, 1.82) is 0 Å². The Morgan fingerprint density at radius 2 is 2.06 bits per heavy atom. The number of nitrogens with one attached hydrogen (secondary N) is 1. The van der Waals surface area contributed by atoms with Crippen LogP contribution in [0.4, 0.5) is 18.9 Å². The molecule has 0 saturated heterocycles. The van der Waals surface area contributed by atoms with E-state index in [0.29, 0.717) is 0 Å². The minimum Gasteiger partial charge on any atom is -0.502 e. The van der Waals surface area contributed by atoms with Crippen molar-refractivity contribution in [2.24, 2.45) is 0 Å². The summed E-state index contributed by atoms with van der Waals surface area (Å²) < 4.78 is 35.5. The number of rotatable bonds is 3. The van der Waals surface area contributed by atoms with Crippen LogP contribution in [0.3, 0.4) is 0 Å². The van der Waals surface area contributed by atoms with Crippen molar-refractivity contribution in [2.45, 2.75) is 6.18 Å². The average Bonchev–Trinajstić information content (AvgIpc) is 2.24. The minimum absolute atomic E-state index is 0.303. The Morgan fingerprint density at radius 3 is 2.50 bits per heavy atom. The Kier molecular flexibility index (Phi) is 3.74. The number of benzene rings is 1. The molecule has 0 fully saturated rings. The van der Waals surface area contributed by atoms with Gasteiger partial charge >= 0.3 is 11.9 Å². The molecule has 0 unspecified atom stereocenters. The van der Waals surface area contributed by atoms with Crippen LogP contribution in [-0.4, -0.2) is 28.7 Å². The van der Waals surface area contributed by atoms with E-state index in [4.69, 9.17) is 0 Å². The zero-order chi connectivity index (χ0) is 13.9. The third-order valence-electron chi connectivity index (χ3n) is 1.88. The number of carbonyl (C=O) groups excluding carboxylic acids is 1. The van der Waals surface area contributed by atoms with Crippen molar-refractivity contribution in [1.82, 2.24) is 5.32 Å². The second kappa shape index (κ2) is 4.90. The topological polar surface area (TPSA) is 92.5 Å². The first-order chi connectivity index (χ1) is 8.20. The molecule has 1 rings (SSSR count). The maximum absolute atomic E-state index is 11.8. The predicted molar refractivity (Wildman–Crippen MR) is 53.1 cm³/mol. The van der Waals surface area contributed by atoms with Crippen molar-refractivity contribution in [3.05, 3.63) is 33.9 Å². The first-order valence-electron chi connectivity index (χ1n) is 4.53. The number of phenolic OH excluding ortho intramolecular Hbond substituents is 1. The van der Waals surface area contributed by atoms with Crippen LogP contribution in [0.2, 0.25) is 0 Å². The van der Waals surface area contributed by atoms with E-state index in [2.05, 4.69) is 0 Å². The number of alkyl halides is 3. The summed E-state index contributed by atoms with van der Waals surface area (Å²) in [7, 11) is 0. The molecule has 2 N–H and O–H groups in total. The fourth-order valence-electron chi connectivity index (χ4n) is 1.10. The fraction of sp³-hybridized carbons (Fsp3) is 0.222. The van der Waals surface area contributed by atoms with E-state index < -0.39 is 35.0 Å². The van der Waals surface area contributed by atoms with E-state index in [-0.39, 0.29) is 5.56 Å². The highest BCUT2D eigenvalue weighted by atomic mass is 19.4. The summed E-state index contributed by atoms with van der Waals surface area (Å²) in [6.45, 7) is -1.52. The van der Waals surface area contributed by atoms with Gasteiger partial charge in [0.25, 0.3) is 5.91 Å². The third kappa shape index (κ3) is 3.61. The molecule has 0 aliphatic rings. The Bertz CT molecular complexity index is 487. The lowest BCUT2D eigenvalue weighted by Crippen LogP contribution is -2.33. The summed E-state index contributed by atoms with van der Waals surface area (Å²) in [6, 6.07) is 2.51. The largest absolute Gasteiger partial charge is 0.502 e. The fourth-order valence-corrected chi connectivity index (χ4v) is 1.10. The second-order valence-electron chi connectivity index (χ2n) is 3.26. The quantitative estimate of drug-likeness (QED) is 0.640. The van der Waals surface area contributed by atoms with Gasteiger partial charge in [-0.05, 0) is 12.1 Å². The molecule has 0 radical (unpaired) electrons. The highest BCUT2D eigenvalue weighted by Gasteiger charge is 2.28. The Morgan fingerprint density at radius 1 is 1.44 bits per heavy atom. The van der Waals surface area contributed by atoms with Crippen molar-refractivity contribution < 1.29 is 28.0 Å². The summed E-state index contributed by atoms with van der Waals surface area (Å²) in [5.41, 5.74) is -0.940. The van der Waals surface area contributed by atoms with Gasteiger partial charge in [-0.3, -0.25) is 14.9 Å². The molecule has 0 aromatic heterocycles. The van der Waals surface area contributed by atoms with Gasteiger partial charge in [0, 0.05) is 11.6 Å². The summed E-state index contributed by atoms with van der Waals surface area (Å²) >= 11 is 0. The van der Waals surface area contributed by atoms with Crippen LogP contribution in [0, 0.1) is 10.1 Å². The highest BCUT2D eigenvalue weighted by molar-refractivity contribution is 5.95. The van der Waals surface area contributed by atoms with Crippen LogP contribution in [0.25, 0.3) is 0 Å². The molecule has 1 aromatic carbocycles. The number of nitro groups is 1. The first kappa shape index (κ1) is 13.7. The minimum atomic E-state index is -4.56. The van der Waals surface area contributed by atoms with E-state index in [0.717, 1.165) is 18.2 Å². The van der Waals surface area contributed by atoms with Crippen LogP contribution < -0.4 is 5.32 Å². The van der Waals surface area contributed by atoms with Gasteiger partial charge in [0.15, 0.2) is 5.75 Å². The monoisotopic (exact) mass is 264 g/mol. The van der Waals surface area contributed by atoms with Gasteiger partial charge in [0.1, 0.15) is 6.54 Å². The molecule has 1 amide bonds. The van der Waals surface area contributed by atoms with E-state index >= 15 is 0 Å². The van der Waals surface area contributed by atoms with Crippen LogP contribution in [0.1, 0.15) is 10.4 Å². The summed E-state index contributed by atoms with van der Waals surface area (Å²) in [5.74, 6) is -1.88. The standard InChI is InChI=1S/C9H7F3N2O4/c10-9(11,12)4-13-8(16)5-1-2-6(14(17)18)7(15)3-5/h1-3,15H,4H2,(H,13,16). The molecule has 1 aromatic rings. The molecule has 0 heterocycles. The zero-order valence-corrected chi connectivity index (χ0v) is 8.69. The van der Waals surface area contributed by atoms with Crippen LogP contribution >= 0.6 is 0 Å². The Hall–Kier alpha value is -2.32. The zero-order valence-electron chi connectivity index (χ0n) is 8.69. The van der Waals surface area contributed by atoms with Gasteiger partial charge in [-0.1, -0.05) is 0 Å². The average molecular weight is 264 g/mol. The maximum Gasteiger partial charge on any atom is 0.405 e. The van der Waals surface area contributed by atoms with Crippen molar-refractivity contribution in [3.63, 3.8) is 0 Å². The van der Waals surface area contributed by atoms with Gasteiger partial charge in [0.2, 0.25) is 0 Å². The number of nitrogens with zero attached hydrogens (tertiary/aromatic N) is 1. The number of carbonyl (C=O) groups is 1. The Labute approximate surface area is 98.2 Å². The highest BCUT2D eigenvalue weighted by Crippen LogP contribution is 2.26. The summed E-state index contributed by atoms with van der Waals surface area (Å²) in [6.07, 6.45) is -4.56. The predicted octanol–water partition coefficient (Wildman–Crippen LogP) is 1.59. The molecule has 0 aliphatic heterocycles. The van der Waals surface area contributed by atoms with Gasteiger partial charge in [-0.2, -0.15) is 13.2 Å². The normalized spacial score (nSPS) is 11.1. The van der Waals surface area contributed by atoms with Gasteiger partial charge in [-0.15, -0.1) is 0 Å². The second-order valence-corrected chi connectivity index (χ2v) is 3.26. The molecule has 18 heavy (non-hydrogen) atoms. The maximum atomic E-state index is 11.8. The number of hydrogen-bond acceptors (Lipinski definition) is 4. The van der Waals surface area contributed by atoms with Crippen LogP contribution in [0.15, 0.2) is 18.2 Å². The van der Waals surface area contributed by atoms with Crippen molar-refractivity contribution in [2.75, 3.05) is 6.54 Å². The number of amides is 1. The molecule has 6 nitrogen and oxygen atoms in total. The third-order valence-corrected chi connectivity index (χ3v) is 1.88. The first-order valence-corrected chi connectivity index (χ1v) is 4.53. The smallest absolute Gasteiger partial charge is 0.405 e. The van der Waals surface area contributed by atoms with Crippen molar-refractivity contribution >= 4 is 11.6 Å². The SMILES string of the molecule is O=C(NCC(F)(F)F)c1ccc([N+](=O)[O-])c(O)c1. The van der Waals surface area contributed by atoms with E-state index in [1.807, 2.05) is 0 Å². The van der Waals surface area contributed by atoms with Gasteiger partial charge in [0.05, 0.1) is 4.92 Å². The number of aromatic hydroxyl groups is 1. The van der Waals surface area contributed by atoms with Gasteiger partial charge < -0.3 is 10.4 Å². The molecule has 9 heteroatoms. The molecule has 0 aliphatic carbocycles. The molecule has 0 spiro atoms. The lowest BCUT2D eigenvalue weighted by Gasteiger charge is -2.08. The van der Waals surface area contributed by atoms with Crippen LogP contribution in [0.5, 0.6) is 5.75 Å². The molecule has 0 bridgehead atoms.